The van der Waals surface area contributed by atoms with Gasteiger partial charge in [-0.15, -0.1) is 10.2 Å². The minimum absolute atomic E-state index is 0.130. The fourth-order valence-electron chi connectivity index (χ4n) is 1.88. The van der Waals surface area contributed by atoms with Crippen molar-refractivity contribution in [3.05, 3.63) is 33.7 Å². The van der Waals surface area contributed by atoms with Crippen molar-refractivity contribution in [3.8, 4) is 0 Å². The molecular weight excluding hydrogens is 322 g/mol. The fourth-order valence-corrected chi connectivity index (χ4v) is 3.84. The van der Waals surface area contributed by atoms with E-state index in [1.54, 1.807) is 18.2 Å². The van der Waals surface area contributed by atoms with Gasteiger partial charge in [0.25, 0.3) is 0 Å². The summed E-state index contributed by atoms with van der Waals surface area (Å²) in [6.07, 6.45) is 0. The van der Waals surface area contributed by atoms with Crippen LogP contribution in [-0.2, 0) is 4.79 Å². The third kappa shape index (κ3) is 3.20. The van der Waals surface area contributed by atoms with Gasteiger partial charge in [-0.1, -0.05) is 23.1 Å². The van der Waals surface area contributed by atoms with Crippen LogP contribution in [0.25, 0.3) is 11.0 Å². The van der Waals surface area contributed by atoms with Gasteiger partial charge >= 0.3 is 5.69 Å². The first-order valence-electron chi connectivity index (χ1n) is 6.51. The Morgan fingerprint density at radius 3 is 2.82 bits per heavy atom. The molecule has 1 amide bonds. The summed E-state index contributed by atoms with van der Waals surface area (Å²) in [7, 11) is 0. The van der Waals surface area contributed by atoms with Crippen molar-refractivity contribution in [1.29, 1.82) is 0 Å². The third-order valence-corrected chi connectivity index (χ3v) is 4.96. The lowest BCUT2D eigenvalue weighted by molar-refractivity contribution is -0.115. The zero-order valence-electron chi connectivity index (χ0n) is 11.8. The number of H-pyrrole nitrogens is 2. The molecule has 1 aromatic carbocycles. The number of hydrogen-bond acceptors (Lipinski definition) is 6. The van der Waals surface area contributed by atoms with Crippen molar-refractivity contribution in [1.82, 2.24) is 20.2 Å². The molecule has 114 valence electrons. The highest BCUT2D eigenvalue weighted by Crippen LogP contribution is 2.27. The molecule has 3 N–H and O–H groups in total. The van der Waals surface area contributed by atoms with E-state index in [4.69, 9.17) is 0 Å². The van der Waals surface area contributed by atoms with Crippen LogP contribution in [0.4, 0.5) is 5.69 Å². The third-order valence-electron chi connectivity index (χ3n) is 2.94. The van der Waals surface area contributed by atoms with E-state index in [1.165, 1.54) is 23.1 Å². The number of aromatic nitrogens is 4. The van der Waals surface area contributed by atoms with E-state index in [0.717, 1.165) is 9.35 Å². The van der Waals surface area contributed by atoms with Crippen LogP contribution in [0.5, 0.6) is 0 Å². The summed E-state index contributed by atoms with van der Waals surface area (Å²) < 4.78 is 0.769. The number of thioether (sulfide) groups is 1. The van der Waals surface area contributed by atoms with Crippen LogP contribution in [0.15, 0.2) is 27.3 Å². The zero-order valence-corrected chi connectivity index (χ0v) is 13.5. The summed E-state index contributed by atoms with van der Waals surface area (Å²) >= 11 is 2.83. The summed E-state index contributed by atoms with van der Waals surface area (Å²) in [4.78, 5) is 28.7. The van der Waals surface area contributed by atoms with Crippen LogP contribution in [0.1, 0.15) is 11.9 Å². The molecule has 0 saturated heterocycles. The minimum atomic E-state index is -0.298. The maximum atomic E-state index is 12.2. The van der Waals surface area contributed by atoms with Crippen LogP contribution >= 0.6 is 23.1 Å². The predicted molar refractivity (Wildman–Crippen MR) is 87.5 cm³/mol. The smallest absolute Gasteiger partial charge is 0.323 e. The summed E-state index contributed by atoms with van der Waals surface area (Å²) in [5.41, 5.74) is 1.72. The molecule has 2 aromatic heterocycles. The molecule has 0 aliphatic rings. The van der Waals surface area contributed by atoms with Gasteiger partial charge in [0.2, 0.25) is 5.91 Å². The molecule has 1 atom stereocenters. The van der Waals surface area contributed by atoms with Crippen molar-refractivity contribution in [2.45, 2.75) is 23.4 Å². The zero-order chi connectivity index (χ0) is 15.7. The van der Waals surface area contributed by atoms with E-state index < -0.39 is 0 Å². The van der Waals surface area contributed by atoms with E-state index in [9.17, 15) is 9.59 Å². The number of amides is 1. The normalized spacial score (nSPS) is 12.5. The maximum absolute atomic E-state index is 12.2. The molecule has 1 unspecified atom stereocenters. The largest absolute Gasteiger partial charge is 0.325 e. The van der Waals surface area contributed by atoms with Gasteiger partial charge in [-0.25, -0.2) is 4.79 Å². The number of rotatable bonds is 4. The Labute approximate surface area is 133 Å². The standard InChI is InChI=1S/C13H13N5O2S2/c1-6(21-13-18-17-7(2)22-13)11(19)14-8-3-4-9-10(5-8)16-12(20)15-9/h3-6H,1-2H3,(H,14,19)(H2,15,16,20). The number of aryl methyl sites for hydroxylation is 1. The fraction of sp³-hybridized carbons (Fsp3) is 0.231. The number of carbonyl (C=O) groups excluding carboxylic acids is 1. The Bertz CT molecular complexity index is 882. The number of nitrogens with one attached hydrogen (secondary N) is 3. The highest BCUT2D eigenvalue weighted by Gasteiger charge is 2.17. The van der Waals surface area contributed by atoms with Gasteiger partial charge in [0.1, 0.15) is 5.01 Å². The molecular formula is C13H13N5O2S2. The van der Waals surface area contributed by atoms with Crippen LogP contribution in [0.3, 0.4) is 0 Å². The molecule has 3 aromatic rings. The van der Waals surface area contributed by atoms with Crippen LogP contribution in [-0.4, -0.2) is 31.3 Å². The average molecular weight is 335 g/mol. The first-order valence-corrected chi connectivity index (χ1v) is 8.20. The van der Waals surface area contributed by atoms with Crippen molar-refractivity contribution in [2.24, 2.45) is 0 Å². The number of fused-ring (bicyclic) bond motifs is 1. The first-order chi connectivity index (χ1) is 10.5. The minimum Gasteiger partial charge on any atom is -0.325 e. The maximum Gasteiger partial charge on any atom is 0.323 e. The van der Waals surface area contributed by atoms with Crippen LogP contribution in [0, 0.1) is 6.92 Å². The SMILES string of the molecule is Cc1nnc(SC(C)C(=O)Nc2ccc3[nH]c(=O)[nH]c3c2)s1. The number of aromatic amines is 2. The average Bonchev–Trinajstić information content (AvgIpc) is 3.03. The van der Waals surface area contributed by atoms with Crippen LogP contribution < -0.4 is 11.0 Å². The first kappa shape index (κ1) is 14.8. The van der Waals surface area contributed by atoms with E-state index in [2.05, 4.69) is 25.5 Å². The molecule has 7 nitrogen and oxygen atoms in total. The van der Waals surface area contributed by atoms with Crippen molar-refractivity contribution >= 4 is 45.7 Å². The summed E-state index contributed by atoms with van der Waals surface area (Å²) in [6, 6.07) is 5.21. The monoisotopic (exact) mass is 335 g/mol. The Morgan fingerprint density at radius 1 is 1.32 bits per heavy atom. The molecule has 2 heterocycles. The van der Waals surface area contributed by atoms with Gasteiger partial charge < -0.3 is 15.3 Å². The Morgan fingerprint density at radius 2 is 2.09 bits per heavy atom. The van der Waals surface area contributed by atoms with Gasteiger partial charge in [-0.05, 0) is 32.0 Å². The summed E-state index contributed by atoms with van der Waals surface area (Å²) in [6.45, 7) is 3.69. The second kappa shape index (κ2) is 5.93. The molecule has 0 spiro atoms. The number of carbonyl (C=O) groups is 1. The Kier molecular flexibility index (Phi) is 3.99. The van der Waals surface area contributed by atoms with Gasteiger partial charge in [-0.2, -0.15) is 0 Å². The lowest BCUT2D eigenvalue weighted by Gasteiger charge is -2.10. The molecule has 0 saturated carbocycles. The van der Waals surface area contributed by atoms with Crippen molar-refractivity contribution in [3.63, 3.8) is 0 Å². The number of benzene rings is 1. The van der Waals surface area contributed by atoms with Crippen LogP contribution in [0.2, 0.25) is 0 Å². The second-order valence-corrected chi connectivity index (χ2v) is 7.45. The predicted octanol–water partition coefficient (Wildman–Crippen LogP) is 2.14. The van der Waals surface area contributed by atoms with Crippen molar-refractivity contribution < 1.29 is 4.79 Å². The van der Waals surface area contributed by atoms with Crippen molar-refractivity contribution in [2.75, 3.05) is 5.32 Å². The second-order valence-electron chi connectivity index (χ2n) is 4.68. The molecule has 0 aliphatic heterocycles. The molecule has 9 heteroatoms. The summed E-state index contributed by atoms with van der Waals surface area (Å²) in [5, 5.41) is 11.3. The molecule has 22 heavy (non-hydrogen) atoms. The van der Waals surface area contributed by atoms with E-state index in [-0.39, 0.29) is 16.8 Å². The lowest BCUT2D eigenvalue weighted by atomic mass is 10.2. The van der Waals surface area contributed by atoms with E-state index in [1.807, 2.05) is 13.8 Å². The molecule has 0 bridgehead atoms. The molecule has 0 aliphatic carbocycles. The molecule has 0 radical (unpaired) electrons. The van der Waals surface area contributed by atoms with Gasteiger partial charge in [0.15, 0.2) is 4.34 Å². The molecule has 0 fully saturated rings. The quantitative estimate of drug-likeness (QED) is 0.634. The molecule has 3 rings (SSSR count). The van der Waals surface area contributed by atoms with Gasteiger partial charge in [0.05, 0.1) is 16.3 Å². The highest BCUT2D eigenvalue weighted by atomic mass is 32.2. The van der Waals surface area contributed by atoms with Gasteiger partial charge in [0, 0.05) is 5.69 Å². The lowest BCUT2D eigenvalue weighted by Crippen LogP contribution is -2.22. The topological polar surface area (TPSA) is 104 Å². The number of anilines is 1. The van der Waals surface area contributed by atoms with Gasteiger partial charge in [-0.3, -0.25) is 4.79 Å². The van der Waals surface area contributed by atoms with E-state index in [0.29, 0.717) is 16.7 Å². The number of hydrogen-bond donors (Lipinski definition) is 3. The Balaban J connectivity index is 1.70. The summed E-state index contributed by atoms with van der Waals surface area (Å²) in [5.74, 6) is -0.130. The number of imidazole rings is 1. The Hall–Kier alpha value is -2.13. The number of nitrogens with zero attached hydrogens (tertiary/aromatic N) is 2. The van der Waals surface area contributed by atoms with E-state index >= 15 is 0 Å². The highest BCUT2D eigenvalue weighted by molar-refractivity contribution is 8.02.